The lowest BCUT2D eigenvalue weighted by molar-refractivity contribution is -0.118. The van der Waals surface area contributed by atoms with Crippen LogP contribution in [-0.2, 0) is 9.53 Å². The molecule has 0 aromatic heterocycles. The monoisotopic (exact) mass is 222 g/mol. The number of anilines is 1. The first-order valence-corrected chi connectivity index (χ1v) is 5.25. The zero-order valence-corrected chi connectivity index (χ0v) is 9.69. The molecule has 4 nitrogen and oxygen atoms in total. The van der Waals surface area contributed by atoms with Crippen LogP contribution in [0.25, 0.3) is 0 Å². The molecule has 3 N–H and O–H groups in total. The number of hydrogen-bond acceptors (Lipinski definition) is 3. The first-order chi connectivity index (χ1) is 7.65. The number of ether oxygens (including phenoxy) is 1. The predicted octanol–water partition coefficient (Wildman–Crippen LogP) is 1.30. The number of benzene rings is 1. The second-order valence-electron chi connectivity index (χ2n) is 3.71. The second kappa shape index (κ2) is 6.25. The van der Waals surface area contributed by atoms with Crippen molar-refractivity contribution in [2.75, 3.05) is 19.0 Å². The maximum atomic E-state index is 11.6. The van der Waals surface area contributed by atoms with Crippen molar-refractivity contribution < 1.29 is 9.53 Å². The molecule has 0 radical (unpaired) electrons. The Hall–Kier alpha value is -1.39. The van der Waals surface area contributed by atoms with Crippen molar-refractivity contribution >= 4 is 11.6 Å². The molecule has 1 aromatic carbocycles. The van der Waals surface area contributed by atoms with Crippen molar-refractivity contribution in [1.82, 2.24) is 0 Å². The molecule has 1 rings (SSSR count). The van der Waals surface area contributed by atoms with Crippen molar-refractivity contribution in [2.24, 2.45) is 5.73 Å². The number of nitrogens with one attached hydrogen (secondary N) is 1. The van der Waals surface area contributed by atoms with Gasteiger partial charge in [-0.1, -0.05) is 17.7 Å². The molecule has 0 aliphatic carbocycles. The third-order valence-corrected chi connectivity index (χ3v) is 2.34. The third-order valence-electron chi connectivity index (χ3n) is 2.34. The number of carbonyl (C=O) groups is 1. The van der Waals surface area contributed by atoms with Gasteiger partial charge in [0.25, 0.3) is 0 Å². The van der Waals surface area contributed by atoms with Gasteiger partial charge in [-0.05, 0) is 19.1 Å². The maximum Gasteiger partial charge on any atom is 0.227 e. The summed E-state index contributed by atoms with van der Waals surface area (Å²) >= 11 is 0. The number of aryl methyl sites for hydroxylation is 1. The van der Waals surface area contributed by atoms with Crippen LogP contribution in [-0.4, -0.2) is 25.7 Å². The van der Waals surface area contributed by atoms with Crippen LogP contribution >= 0.6 is 0 Å². The minimum Gasteiger partial charge on any atom is -0.380 e. The fraction of sp³-hybridized carbons (Fsp3) is 0.417. The van der Waals surface area contributed by atoms with E-state index in [1.807, 2.05) is 31.2 Å². The fourth-order valence-electron chi connectivity index (χ4n) is 1.32. The highest BCUT2D eigenvalue weighted by atomic mass is 16.5. The number of rotatable bonds is 5. The van der Waals surface area contributed by atoms with Gasteiger partial charge in [0.2, 0.25) is 5.91 Å². The number of hydrogen-bond donors (Lipinski definition) is 2. The summed E-state index contributed by atoms with van der Waals surface area (Å²) < 4.78 is 5.04. The van der Waals surface area contributed by atoms with E-state index in [0.29, 0.717) is 6.54 Å². The SMILES string of the molecule is COC(CN)CC(=O)Nc1ccc(C)cc1. The molecular weight excluding hydrogens is 204 g/mol. The van der Waals surface area contributed by atoms with E-state index >= 15 is 0 Å². The Labute approximate surface area is 95.8 Å². The Morgan fingerprint density at radius 3 is 2.56 bits per heavy atom. The van der Waals surface area contributed by atoms with Gasteiger partial charge < -0.3 is 15.8 Å². The number of methoxy groups -OCH3 is 1. The van der Waals surface area contributed by atoms with Crippen molar-refractivity contribution in [2.45, 2.75) is 19.4 Å². The van der Waals surface area contributed by atoms with Crippen molar-refractivity contribution in [3.05, 3.63) is 29.8 Å². The van der Waals surface area contributed by atoms with Crippen LogP contribution < -0.4 is 11.1 Å². The lowest BCUT2D eigenvalue weighted by Gasteiger charge is -2.12. The lowest BCUT2D eigenvalue weighted by atomic mass is 10.2. The Balaban J connectivity index is 2.48. The average Bonchev–Trinajstić information content (AvgIpc) is 2.29. The van der Waals surface area contributed by atoms with Gasteiger partial charge in [-0.25, -0.2) is 0 Å². The highest BCUT2D eigenvalue weighted by Crippen LogP contribution is 2.09. The summed E-state index contributed by atoms with van der Waals surface area (Å²) in [5.74, 6) is -0.0823. The number of nitrogens with two attached hydrogens (primary N) is 1. The number of amides is 1. The number of carbonyl (C=O) groups excluding carboxylic acids is 1. The van der Waals surface area contributed by atoms with E-state index in [4.69, 9.17) is 10.5 Å². The highest BCUT2D eigenvalue weighted by Gasteiger charge is 2.11. The fourth-order valence-corrected chi connectivity index (χ4v) is 1.32. The first kappa shape index (κ1) is 12.7. The van der Waals surface area contributed by atoms with Gasteiger partial charge in [0.1, 0.15) is 0 Å². The van der Waals surface area contributed by atoms with E-state index in [1.165, 1.54) is 0 Å². The minimum absolute atomic E-state index is 0.0823. The van der Waals surface area contributed by atoms with Gasteiger partial charge >= 0.3 is 0 Å². The molecule has 0 saturated carbocycles. The molecule has 0 saturated heterocycles. The molecule has 0 aliphatic rings. The van der Waals surface area contributed by atoms with E-state index in [-0.39, 0.29) is 18.4 Å². The molecule has 4 heteroatoms. The van der Waals surface area contributed by atoms with Crippen LogP contribution in [0.1, 0.15) is 12.0 Å². The van der Waals surface area contributed by atoms with Gasteiger partial charge in [-0.3, -0.25) is 4.79 Å². The lowest BCUT2D eigenvalue weighted by Crippen LogP contribution is -2.28. The van der Waals surface area contributed by atoms with Crippen LogP contribution in [0.3, 0.4) is 0 Å². The summed E-state index contributed by atoms with van der Waals surface area (Å²) in [5, 5.41) is 2.79. The normalized spacial score (nSPS) is 12.2. The third kappa shape index (κ3) is 4.00. The van der Waals surface area contributed by atoms with Crippen LogP contribution in [0, 0.1) is 6.92 Å². The molecule has 0 spiro atoms. The van der Waals surface area contributed by atoms with Crippen LogP contribution in [0.5, 0.6) is 0 Å². The maximum absolute atomic E-state index is 11.6. The molecule has 0 aliphatic heterocycles. The zero-order valence-electron chi connectivity index (χ0n) is 9.69. The van der Waals surface area contributed by atoms with E-state index in [2.05, 4.69) is 5.32 Å². The molecule has 0 fully saturated rings. The minimum atomic E-state index is -0.217. The van der Waals surface area contributed by atoms with Gasteiger partial charge in [0, 0.05) is 19.3 Å². The summed E-state index contributed by atoms with van der Waals surface area (Å²) in [5.41, 5.74) is 7.40. The van der Waals surface area contributed by atoms with Crippen molar-refractivity contribution in [3.8, 4) is 0 Å². The smallest absolute Gasteiger partial charge is 0.227 e. The van der Waals surface area contributed by atoms with Gasteiger partial charge in [-0.15, -0.1) is 0 Å². The molecule has 1 aromatic rings. The molecule has 0 heterocycles. The Kier molecular flexibility index (Phi) is 4.95. The summed E-state index contributed by atoms with van der Waals surface area (Å²) in [7, 11) is 1.55. The van der Waals surface area contributed by atoms with Crippen molar-refractivity contribution in [1.29, 1.82) is 0 Å². The van der Waals surface area contributed by atoms with E-state index < -0.39 is 0 Å². The molecule has 1 amide bonds. The largest absolute Gasteiger partial charge is 0.380 e. The van der Waals surface area contributed by atoms with E-state index in [0.717, 1.165) is 11.3 Å². The van der Waals surface area contributed by atoms with Gasteiger partial charge in [0.05, 0.1) is 12.5 Å². The topological polar surface area (TPSA) is 64.3 Å². The van der Waals surface area contributed by atoms with E-state index in [1.54, 1.807) is 7.11 Å². The molecule has 16 heavy (non-hydrogen) atoms. The van der Waals surface area contributed by atoms with Crippen LogP contribution in [0.4, 0.5) is 5.69 Å². The molecule has 1 unspecified atom stereocenters. The van der Waals surface area contributed by atoms with Crippen LogP contribution in [0.15, 0.2) is 24.3 Å². The Morgan fingerprint density at radius 1 is 1.44 bits per heavy atom. The molecule has 88 valence electrons. The van der Waals surface area contributed by atoms with Crippen molar-refractivity contribution in [3.63, 3.8) is 0 Å². The first-order valence-electron chi connectivity index (χ1n) is 5.25. The highest BCUT2D eigenvalue weighted by molar-refractivity contribution is 5.91. The summed E-state index contributed by atoms with van der Waals surface area (Å²) in [6.07, 6.45) is 0.0615. The standard InChI is InChI=1S/C12H18N2O2/c1-9-3-5-10(6-4-9)14-12(15)7-11(8-13)16-2/h3-6,11H,7-8,13H2,1-2H3,(H,14,15). The Bertz CT molecular complexity index is 331. The zero-order chi connectivity index (χ0) is 12.0. The summed E-state index contributed by atoms with van der Waals surface area (Å²) in [6, 6.07) is 7.65. The summed E-state index contributed by atoms with van der Waals surface area (Å²) in [4.78, 5) is 11.6. The van der Waals surface area contributed by atoms with E-state index in [9.17, 15) is 4.79 Å². The molecular formula is C12H18N2O2. The quantitative estimate of drug-likeness (QED) is 0.789. The van der Waals surface area contributed by atoms with Gasteiger partial charge in [0.15, 0.2) is 0 Å². The summed E-state index contributed by atoms with van der Waals surface area (Å²) in [6.45, 7) is 2.35. The van der Waals surface area contributed by atoms with Crippen LogP contribution in [0.2, 0.25) is 0 Å². The molecule has 0 bridgehead atoms. The Morgan fingerprint density at radius 2 is 2.06 bits per heavy atom. The predicted molar refractivity (Wildman–Crippen MR) is 64.3 cm³/mol. The van der Waals surface area contributed by atoms with Gasteiger partial charge in [-0.2, -0.15) is 0 Å². The second-order valence-corrected chi connectivity index (χ2v) is 3.71. The average molecular weight is 222 g/mol. The molecule has 1 atom stereocenters.